The summed E-state index contributed by atoms with van der Waals surface area (Å²) in [5.41, 5.74) is 6.65. The van der Waals surface area contributed by atoms with Gasteiger partial charge in [-0.3, -0.25) is 0 Å². The Labute approximate surface area is 78.9 Å². The lowest BCUT2D eigenvalue weighted by Gasteiger charge is -2.01. The summed E-state index contributed by atoms with van der Waals surface area (Å²) in [5.74, 6) is 0.669. The Bertz CT molecular complexity index is 233. The lowest BCUT2D eigenvalue weighted by atomic mass is 10.1. The van der Waals surface area contributed by atoms with Gasteiger partial charge in [0.25, 0.3) is 0 Å². The van der Waals surface area contributed by atoms with Crippen molar-refractivity contribution in [2.24, 2.45) is 5.73 Å². The summed E-state index contributed by atoms with van der Waals surface area (Å²) >= 11 is 0. The van der Waals surface area contributed by atoms with E-state index in [1.807, 2.05) is 18.3 Å². The summed E-state index contributed by atoms with van der Waals surface area (Å²) in [5, 5.41) is 0. The number of ether oxygens (including phenoxy) is 1. The van der Waals surface area contributed by atoms with Gasteiger partial charge in [0.2, 0.25) is 5.88 Å². The average molecular weight is 180 g/mol. The molecule has 13 heavy (non-hydrogen) atoms. The van der Waals surface area contributed by atoms with Crippen molar-refractivity contribution in [2.75, 3.05) is 13.7 Å². The van der Waals surface area contributed by atoms with Gasteiger partial charge >= 0.3 is 0 Å². The van der Waals surface area contributed by atoms with Gasteiger partial charge in [-0.05, 0) is 31.4 Å². The van der Waals surface area contributed by atoms with Gasteiger partial charge < -0.3 is 10.5 Å². The fourth-order valence-electron chi connectivity index (χ4n) is 1.15. The Morgan fingerprint density at radius 1 is 1.38 bits per heavy atom. The maximum absolute atomic E-state index is 5.40. The van der Waals surface area contributed by atoms with Crippen molar-refractivity contribution in [3.8, 4) is 5.88 Å². The Hall–Kier alpha value is -1.09. The third-order valence-corrected chi connectivity index (χ3v) is 1.93. The van der Waals surface area contributed by atoms with Gasteiger partial charge in [-0.25, -0.2) is 4.98 Å². The lowest BCUT2D eigenvalue weighted by molar-refractivity contribution is 0.397. The molecule has 0 atom stereocenters. The van der Waals surface area contributed by atoms with E-state index in [2.05, 4.69) is 4.98 Å². The zero-order valence-corrected chi connectivity index (χ0v) is 7.99. The standard InChI is InChI=1S/C10H16N2O/c1-13-10-6-5-9(8-12-10)4-2-3-7-11/h5-6,8H,2-4,7,11H2,1H3. The Kier molecular flexibility index (Phi) is 4.26. The molecule has 0 amide bonds. The molecule has 0 aliphatic carbocycles. The van der Waals surface area contributed by atoms with Gasteiger partial charge in [0.05, 0.1) is 7.11 Å². The van der Waals surface area contributed by atoms with Crippen LogP contribution in [0.3, 0.4) is 0 Å². The first-order chi connectivity index (χ1) is 6.36. The maximum Gasteiger partial charge on any atom is 0.212 e. The lowest BCUT2D eigenvalue weighted by Crippen LogP contribution is -1.99. The summed E-state index contributed by atoms with van der Waals surface area (Å²) in [6, 6.07) is 3.93. The largest absolute Gasteiger partial charge is 0.481 e. The van der Waals surface area contributed by atoms with Crippen molar-refractivity contribution >= 4 is 0 Å². The van der Waals surface area contributed by atoms with Gasteiger partial charge in [-0.1, -0.05) is 6.07 Å². The molecule has 0 bridgehead atoms. The van der Waals surface area contributed by atoms with E-state index in [1.165, 1.54) is 5.56 Å². The molecule has 2 N–H and O–H groups in total. The number of nitrogens with two attached hydrogens (primary N) is 1. The molecule has 0 saturated heterocycles. The molecule has 0 spiro atoms. The van der Waals surface area contributed by atoms with Crippen molar-refractivity contribution in [3.05, 3.63) is 23.9 Å². The normalized spacial score (nSPS) is 10.0. The van der Waals surface area contributed by atoms with Crippen LogP contribution >= 0.6 is 0 Å². The van der Waals surface area contributed by atoms with Crippen LogP contribution in [0.1, 0.15) is 18.4 Å². The van der Waals surface area contributed by atoms with Crippen LogP contribution in [-0.4, -0.2) is 18.6 Å². The number of unbranched alkanes of at least 4 members (excludes halogenated alkanes) is 1. The van der Waals surface area contributed by atoms with Crippen molar-refractivity contribution in [3.63, 3.8) is 0 Å². The minimum absolute atomic E-state index is 0.669. The molecule has 3 heteroatoms. The highest BCUT2D eigenvalue weighted by molar-refractivity contribution is 5.17. The van der Waals surface area contributed by atoms with Crippen molar-refractivity contribution in [1.29, 1.82) is 0 Å². The SMILES string of the molecule is COc1ccc(CCCCN)cn1. The Morgan fingerprint density at radius 2 is 2.23 bits per heavy atom. The second-order valence-corrected chi connectivity index (χ2v) is 2.95. The van der Waals surface area contributed by atoms with E-state index < -0.39 is 0 Å². The van der Waals surface area contributed by atoms with Crippen LogP contribution in [0.4, 0.5) is 0 Å². The van der Waals surface area contributed by atoms with Gasteiger partial charge in [0, 0.05) is 12.3 Å². The van der Waals surface area contributed by atoms with E-state index in [4.69, 9.17) is 10.5 Å². The third-order valence-electron chi connectivity index (χ3n) is 1.93. The maximum atomic E-state index is 5.40. The summed E-state index contributed by atoms with van der Waals surface area (Å²) in [6.07, 6.45) is 5.11. The van der Waals surface area contributed by atoms with Gasteiger partial charge in [0.1, 0.15) is 0 Å². The number of hydrogen-bond acceptors (Lipinski definition) is 3. The summed E-state index contributed by atoms with van der Waals surface area (Å²) in [6.45, 7) is 0.767. The quantitative estimate of drug-likeness (QED) is 0.696. The molecule has 0 aromatic carbocycles. The number of nitrogens with zero attached hydrogens (tertiary/aromatic N) is 1. The number of aromatic nitrogens is 1. The van der Waals surface area contributed by atoms with Crippen LogP contribution in [0, 0.1) is 0 Å². The zero-order chi connectivity index (χ0) is 9.52. The number of rotatable bonds is 5. The van der Waals surface area contributed by atoms with E-state index in [0.717, 1.165) is 25.8 Å². The molecule has 1 aromatic heterocycles. The van der Waals surface area contributed by atoms with Crippen molar-refractivity contribution in [1.82, 2.24) is 4.98 Å². The number of aryl methyl sites for hydroxylation is 1. The van der Waals surface area contributed by atoms with Crippen molar-refractivity contribution < 1.29 is 4.74 Å². The van der Waals surface area contributed by atoms with Gasteiger partial charge in [-0.15, -0.1) is 0 Å². The molecule has 3 nitrogen and oxygen atoms in total. The molecule has 0 saturated carbocycles. The van der Waals surface area contributed by atoms with E-state index in [1.54, 1.807) is 7.11 Å². The van der Waals surface area contributed by atoms with Crippen LogP contribution in [0.5, 0.6) is 5.88 Å². The van der Waals surface area contributed by atoms with Crippen LogP contribution in [0.2, 0.25) is 0 Å². The molecular weight excluding hydrogens is 164 g/mol. The molecule has 0 unspecified atom stereocenters. The van der Waals surface area contributed by atoms with Gasteiger partial charge in [-0.2, -0.15) is 0 Å². The summed E-state index contributed by atoms with van der Waals surface area (Å²) in [7, 11) is 1.62. The molecule has 0 radical (unpaired) electrons. The van der Waals surface area contributed by atoms with Crippen LogP contribution in [0.15, 0.2) is 18.3 Å². The highest BCUT2D eigenvalue weighted by Gasteiger charge is 1.94. The molecular formula is C10H16N2O. The molecule has 1 rings (SSSR count). The predicted octanol–water partition coefficient (Wildman–Crippen LogP) is 1.37. The van der Waals surface area contributed by atoms with E-state index in [-0.39, 0.29) is 0 Å². The summed E-state index contributed by atoms with van der Waals surface area (Å²) < 4.78 is 4.96. The Balaban J connectivity index is 2.40. The minimum Gasteiger partial charge on any atom is -0.481 e. The predicted molar refractivity (Wildman–Crippen MR) is 52.8 cm³/mol. The first kappa shape index (κ1) is 9.99. The number of pyridine rings is 1. The second kappa shape index (κ2) is 5.54. The second-order valence-electron chi connectivity index (χ2n) is 2.95. The smallest absolute Gasteiger partial charge is 0.212 e. The van der Waals surface area contributed by atoms with E-state index >= 15 is 0 Å². The molecule has 72 valence electrons. The monoisotopic (exact) mass is 180 g/mol. The molecule has 1 aromatic rings. The van der Waals surface area contributed by atoms with E-state index in [0.29, 0.717) is 5.88 Å². The first-order valence-corrected chi connectivity index (χ1v) is 4.56. The number of hydrogen-bond donors (Lipinski definition) is 1. The molecule has 0 fully saturated rings. The van der Waals surface area contributed by atoms with Gasteiger partial charge in [0.15, 0.2) is 0 Å². The highest BCUT2D eigenvalue weighted by Crippen LogP contribution is 2.08. The van der Waals surface area contributed by atoms with Crippen LogP contribution < -0.4 is 10.5 Å². The summed E-state index contributed by atoms with van der Waals surface area (Å²) in [4.78, 5) is 4.12. The topological polar surface area (TPSA) is 48.1 Å². The fraction of sp³-hybridized carbons (Fsp3) is 0.500. The van der Waals surface area contributed by atoms with Crippen molar-refractivity contribution in [2.45, 2.75) is 19.3 Å². The third kappa shape index (κ3) is 3.42. The molecule has 0 aliphatic rings. The number of methoxy groups -OCH3 is 1. The fourth-order valence-corrected chi connectivity index (χ4v) is 1.15. The molecule has 0 aliphatic heterocycles. The van der Waals surface area contributed by atoms with Crippen LogP contribution in [0.25, 0.3) is 0 Å². The first-order valence-electron chi connectivity index (χ1n) is 4.56. The molecule has 1 heterocycles. The Morgan fingerprint density at radius 3 is 2.77 bits per heavy atom. The minimum atomic E-state index is 0.669. The van der Waals surface area contributed by atoms with Crippen LogP contribution in [-0.2, 0) is 6.42 Å². The zero-order valence-electron chi connectivity index (χ0n) is 7.99. The highest BCUT2D eigenvalue weighted by atomic mass is 16.5. The average Bonchev–Trinajstić information content (AvgIpc) is 2.19. The van der Waals surface area contributed by atoms with E-state index in [9.17, 15) is 0 Å².